The molecule has 2 aliphatic rings. The molecule has 0 aliphatic carbocycles. The van der Waals surface area contributed by atoms with E-state index in [-0.39, 0.29) is 30.1 Å². The van der Waals surface area contributed by atoms with Crippen molar-refractivity contribution in [3.63, 3.8) is 0 Å². The van der Waals surface area contributed by atoms with Gasteiger partial charge in [0.1, 0.15) is 28.3 Å². The first-order valence-corrected chi connectivity index (χ1v) is 13.3. The highest BCUT2D eigenvalue weighted by Gasteiger charge is 2.35. The lowest BCUT2D eigenvalue weighted by Gasteiger charge is -2.25. The molecule has 34 heavy (non-hydrogen) atoms. The maximum absolute atomic E-state index is 14.8. The summed E-state index contributed by atoms with van der Waals surface area (Å²) in [4.78, 5) is 23.6. The van der Waals surface area contributed by atoms with E-state index in [1.807, 2.05) is 0 Å². The number of cyclic esters (lactones) is 1. The molecule has 2 fully saturated rings. The van der Waals surface area contributed by atoms with Crippen molar-refractivity contribution in [3.8, 4) is 0 Å². The van der Waals surface area contributed by atoms with Crippen LogP contribution in [0.5, 0.6) is 0 Å². The third-order valence-electron chi connectivity index (χ3n) is 6.00. The van der Waals surface area contributed by atoms with Crippen LogP contribution in [0, 0.1) is 15.9 Å². The van der Waals surface area contributed by atoms with Crippen LogP contribution in [0.25, 0.3) is 0 Å². The number of halogens is 1. The van der Waals surface area contributed by atoms with Gasteiger partial charge in [0.25, 0.3) is 15.8 Å². The Morgan fingerprint density at radius 2 is 1.91 bits per heavy atom. The topological polar surface area (TPSA) is 150 Å². The normalized spacial score (nSPS) is 23.1. The largest absolute Gasteiger partial charge is 0.616 e. The molecule has 182 valence electrons. The number of rotatable bonds is 6. The van der Waals surface area contributed by atoms with Gasteiger partial charge < -0.3 is 9.29 Å². The van der Waals surface area contributed by atoms with E-state index in [2.05, 4.69) is 0 Å². The summed E-state index contributed by atoms with van der Waals surface area (Å²) in [5.41, 5.74) is 0.380. The van der Waals surface area contributed by atoms with Gasteiger partial charge in [-0.25, -0.2) is 9.18 Å². The molecule has 0 aromatic heterocycles. The Morgan fingerprint density at radius 3 is 2.53 bits per heavy atom. The summed E-state index contributed by atoms with van der Waals surface area (Å²) in [5.74, 6) is 0.561. The predicted molar refractivity (Wildman–Crippen MR) is 120 cm³/mol. The first-order chi connectivity index (χ1) is 16.0. The lowest BCUT2D eigenvalue weighted by molar-refractivity contribution is -0.385. The third kappa shape index (κ3) is 5.17. The maximum Gasteiger partial charge on any atom is 0.414 e. The fraction of sp³-hybridized carbons (Fsp3) is 0.381. The van der Waals surface area contributed by atoms with Crippen LogP contribution in [-0.2, 0) is 32.5 Å². The zero-order valence-electron chi connectivity index (χ0n) is 17.8. The first-order valence-electron chi connectivity index (χ1n) is 10.4. The molecule has 13 heteroatoms. The van der Waals surface area contributed by atoms with Crippen molar-refractivity contribution in [1.82, 2.24) is 0 Å². The van der Waals surface area contributed by atoms with Gasteiger partial charge in [-0.2, -0.15) is 8.42 Å². The SMILES string of the molecule is O=C1OC(Cc2ccc(S(=O)(=O)O)cc2[N+](=O)[O-])CN1c1ccc([C@H]2CC[S@+]([O-])CC2)c(F)c1. The number of carbonyl (C=O) groups excluding carboxylic acids is 1. The fourth-order valence-electron chi connectivity index (χ4n) is 4.25. The molecule has 1 atom stereocenters. The van der Waals surface area contributed by atoms with Crippen LogP contribution < -0.4 is 4.90 Å². The van der Waals surface area contributed by atoms with Crippen molar-refractivity contribution in [2.75, 3.05) is 23.0 Å². The minimum Gasteiger partial charge on any atom is -0.616 e. The molecular weight excluding hydrogens is 491 g/mol. The number of carbonyl (C=O) groups is 1. The van der Waals surface area contributed by atoms with Gasteiger partial charge in [-0.1, -0.05) is 23.3 Å². The number of hydrogen-bond acceptors (Lipinski definition) is 7. The number of nitro benzene ring substituents is 1. The van der Waals surface area contributed by atoms with Crippen molar-refractivity contribution < 1.29 is 36.4 Å². The van der Waals surface area contributed by atoms with E-state index in [0.29, 0.717) is 29.9 Å². The number of ether oxygens (including phenoxy) is 1. The number of amides is 1. The minimum atomic E-state index is -4.62. The second-order valence-electron chi connectivity index (χ2n) is 8.17. The molecule has 0 bridgehead atoms. The molecule has 2 aromatic carbocycles. The van der Waals surface area contributed by atoms with Crippen LogP contribution in [0.15, 0.2) is 41.3 Å². The van der Waals surface area contributed by atoms with E-state index in [1.54, 1.807) is 12.1 Å². The summed E-state index contributed by atoms with van der Waals surface area (Å²) in [6.45, 7) is 0.0111. The quantitative estimate of drug-likeness (QED) is 0.268. The third-order valence-corrected chi connectivity index (χ3v) is 8.23. The number of anilines is 1. The Balaban J connectivity index is 1.50. The van der Waals surface area contributed by atoms with Gasteiger partial charge in [-0.05, 0) is 42.5 Å². The number of hydrogen-bond donors (Lipinski definition) is 1. The molecule has 1 N–H and O–H groups in total. The molecule has 2 aliphatic heterocycles. The van der Waals surface area contributed by atoms with E-state index in [4.69, 9.17) is 9.29 Å². The number of benzene rings is 2. The van der Waals surface area contributed by atoms with Gasteiger partial charge in [0.15, 0.2) is 0 Å². The van der Waals surface area contributed by atoms with Gasteiger partial charge in [-0.15, -0.1) is 0 Å². The highest BCUT2D eigenvalue weighted by Crippen LogP contribution is 2.34. The summed E-state index contributed by atoms with van der Waals surface area (Å²) < 4.78 is 63.4. The zero-order chi connectivity index (χ0) is 24.6. The summed E-state index contributed by atoms with van der Waals surface area (Å²) in [6.07, 6.45) is -0.344. The van der Waals surface area contributed by atoms with E-state index in [0.717, 1.165) is 12.1 Å². The highest BCUT2D eigenvalue weighted by molar-refractivity contribution is 7.91. The van der Waals surface area contributed by atoms with Gasteiger partial charge in [0, 0.05) is 18.1 Å². The highest BCUT2D eigenvalue weighted by atomic mass is 32.2. The van der Waals surface area contributed by atoms with Crippen molar-refractivity contribution >= 4 is 38.8 Å². The molecule has 1 unspecified atom stereocenters. The van der Waals surface area contributed by atoms with Crippen LogP contribution in [0.1, 0.15) is 29.9 Å². The second kappa shape index (κ2) is 9.49. The van der Waals surface area contributed by atoms with Crippen LogP contribution in [0.4, 0.5) is 20.6 Å². The molecule has 1 amide bonds. The van der Waals surface area contributed by atoms with Crippen LogP contribution in [0.2, 0.25) is 0 Å². The maximum atomic E-state index is 14.8. The monoisotopic (exact) mass is 512 g/mol. The standard InChI is InChI=1S/C21H21FN2O8S2/c22-19-10-15(2-4-18(19)13-5-7-33(28)8-6-13)23-12-16(32-21(23)25)9-14-1-3-17(34(29,30)31)11-20(14)24(26)27/h1-4,10-11,13,16H,5-9,12H2,(H,29,30,31)/t13-,16?,33-. The summed E-state index contributed by atoms with van der Waals surface area (Å²) in [7, 11) is -4.62. The van der Waals surface area contributed by atoms with E-state index >= 15 is 0 Å². The molecule has 0 spiro atoms. The lowest BCUT2D eigenvalue weighted by atomic mass is 9.93. The average Bonchev–Trinajstić information content (AvgIpc) is 3.13. The molecule has 0 radical (unpaired) electrons. The molecular formula is C21H21FN2O8S2. The lowest BCUT2D eigenvalue weighted by Crippen LogP contribution is -2.26. The molecule has 2 saturated heterocycles. The van der Waals surface area contributed by atoms with Gasteiger partial charge in [-0.3, -0.25) is 19.6 Å². The first kappa shape index (κ1) is 24.4. The summed E-state index contributed by atoms with van der Waals surface area (Å²) >= 11 is -0.860. The van der Waals surface area contributed by atoms with Crippen molar-refractivity contribution in [3.05, 3.63) is 63.5 Å². The van der Waals surface area contributed by atoms with Crippen LogP contribution >= 0.6 is 0 Å². The molecule has 0 saturated carbocycles. The second-order valence-corrected chi connectivity index (χ2v) is 11.3. The Morgan fingerprint density at radius 1 is 1.21 bits per heavy atom. The average molecular weight is 513 g/mol. The van der Waals surface area contributed by atoms with E-state index < -0.39 is 54.8 Å². The van der Waals surface area contributed by atoms with Crippen molar-refractivity contribution in [2.45, 2.75) is 36.2 Å². The Bertz CT molecular complexity index is 1230. The van der Waals surface area contributed by atoms with Crippen LogP contribution in [-0.4, -0.2) is 52.7 Å². The summed E-state index contributed by atoms with van der Waals surface area (Å²) in [5, 5.41) is 11.4. The van der Waals surface area contributed by atoms with Crippen molar-refractivity contribution in [2.24, 2.45) is 0 Å². The Hall–Kier alpha value is -2.74. The number of nitro groups is 1. The van der Waals surface area contributed by atoms with Gasteiger partial charge in [0.2, 0.25) is 0 Å². The Labute approximate surface area is 197 Å². The smallest absolute Gasteiger partial charge is 0.414 e. The fourth-order valence-corrected chi connectivity index (χ4v) is 6.05. The number of nitrogens with zero attached hydrogens (tertiary/aromatic N) is 2. The predicted octanol–water partition coefficient (Wildman–Crippen LogP) is 3.17. The van der Waals surface area contributed by atoms with E-state index in [9.17, 15) is 32.3 Å². The molecule has 2 aromatic rings. The van der Waals surface area contributed by atoms with Gasteiger partial charge >= 0.3 is 6.09 Å². The molecule has 10 nitrogen and oxygen atoms in total. The zero-order valence-corrected chi connectivity index (χ0v) is 19.4. The van der Waals surface area contributed by atoms with Crippen molar-refractivity contribution in [1.29, 1.82) is 0 Å². The van der Waals surface area contributed by atoms with Crippen LogP contribution in [0.3, 0.4) is 0 Å². The van der Waals surface area contributed by atoms with Gasteiger partial charge in [0.05, 0.1) is 17.2 Å². The minimum absolute atomic E-state index is 0.0111. The van der Waals surface area contributed by atoms with E-state index in [1.165, 1.54) is 17.0 Å². The molecule has 4 rings (SSSR count). The molecule has 2 heterocycles. The Kier molecular flexibility index (Phi) is 6.80. The summed E-state index contributed by atoms with van der Waals surface area (Å²) in [6, 6.07) is 7.42.